The SMILES string of the molecule is OC(c1cc(Cl)ccc1I)C1CCOC2(CCSC2)C1. The van der Waals surface area contributed by atoms with Crippen LogP contribution in [0.2, 0.25) is 5.02 Å². The topological polar surface area (TPSA) is 29.5 Å². The highest BCUT2D eigenvalue weighted by Crippen LogP contribution is 2.44. The molecule has 5 heteroatoms. The molecule has 2 aliphatic heterocycles. The Morgan fingerprint density at radius 3 is 3.10 bits per heavy atom. The predicted molar refractivity (Wildman–Crippen MR) is 92.5 cm³/mol. The van der Waals surface area contributed by atoms with Crippen molar-refractivity contribution in [2.45, 2.75) is 31.0 Å². The number of thioether (sulfide) groups is 1. The molecule has 0 saturated carbocycles. The van der Waals surface area contributed by atoms with E-state index in [0.717, 1.165) is 40.8 Å². The molecule has 2 heterocycles. The number of ether oxygens (including phenoxy) is 1. The van der Waals surface area contributed by atoms with Gasteiger partial charge >= 0.3 is 0 Å². The van der Waals surface area contributed by atoms with Crippen LogP contribution in [0.5, 0.6) is 0 Å². The van der Waals surface area contributed by atoms with Gasteiger partial charge in [0.25, 0.3) is 0 Å². The lowest BCUT2D eigenvalue weighted by molar-refractivity contribution is -0.102. The van der Waals surface area contributed by atoms with Crippen molar-refractivity contribution in [3.05, 3.63) is 32.4 Å². The standard InChI is InChI=1S/C15H18ClIO2S/c16-11-1-2-13(17)12(7-11)14(18)10-3-5-19-15(8-10)4-6-20-9-15/h1-2,7,10,14,18H,3-6,8-9H2. The molecular weight excluding hydrogens is 407 g/mol. The minimum Gasteiger partial charge on any atom is -0.388 e. The Hall–Kier alpha value is 0.510. The van der Waals surface area contributed by atoms with E-state index in [2.05, 4.69) is 22.6 Å². The lowest BCUT2D eigenvalue weighted by atomic mass is 9.80. The van der Waals surface area contributed by atoms with Gasteiger partial charge in [0.1, 0.15) is 0 Å². The second kappa shape index (κ2) is 6.32. The molecule has 0 bridgehead atoms. The van der Waals surface area contributed by atoms with E-state index in [1.807, 2.05) is 30.0 Å². The highest BCUT2D eigenvalue weighted by molar-refractivity contribution is 14.1. The van der Waals surface area contributed by atoms with Crippen molar-refractivity contribution in [3.63, 3.8) is 0 Å². The van der Waals surface area contributed by atoms with E-state index in [1.165, 1.54) is 5.75 Å². The molecule has 3 rings (SSSR count). The Kier molecular flexibility index (Phi) is 4.87. The zero-order valence-electron chi connectivity index (χ0n) is 11.1. The van der Waals surface area contributed by atoms with Crippen molar-refractivity contribution < 1.29 is 9.84 Å². The first kappa shape index (κ1) is 15.4. The Labute approximate surface area is 142 Å². The Morgan fingerprint density at radius 1 is 1.50 bits per heavy atom. The Balaban J connectivity index is 1.79. The lowest BCUT2D eigenvalue weighted by Gasteiger charge is -2.39. The van der Waals surface area contributed by atoms with E-state index in [0.29, 0.717) is 5.02 Å². The van der Waals surface area contributed by atoms with Crippen LogP contribution < -0.4 is 0 Å². The van der Waals surface area contributed by atoms with Gasteiger partial charge in [-0.25, -0.2) is 0 Å². The van der Waals surface area contributed by atoms with Crippen LogP contribution in [-0.4, -0.2) is 28.8 Å². The van der Waals surface area contributed by atoms with Gasteiger partial charge in [-0.05, 0) is 77.3 Å². The molecule has 2 saturated heterocycles. The summed E-state index contributed by atoms with van der Waals surface area (Å²) in [7, 11) is 0. The van der Waals surface area contributed by atoms with Gasteiger partial charge < -0.3 is 9.84 Å². The summed E-state index contributed by atoms with van der Waals surface area (Å²) in [5, 5.41) is 11.5. The minimum atomic E-state index is -0.438. The zero-order valence-corrected chi connectivity index (χ0v) is 14.9. The van der Waals surface area contributed by atoms with Crippen molar-refractivity contribution in [1.29, 1.82) is 0 Å². The summed E-state index contributed by atoms with van der Waals surface area (Å²) >= 11 is 10.3. The molecule has 3 atom stereocenters. The zero-order chi connectivity index (χ0) is 14.2. The molecular formula is C15H18ClIO2S. The molecule has 1 aromatic carbocycles. The van der Waals surface area contributed by atoms with Gasteiger partial charge in [-0.15, -0.1) is 0 Å². The van der Waals surface area contributed by atoms with E-state index in [-0.39, 0.29) is 11.5 Å². The van der Waals surface area contributed by atoms with Gasteiger partial charge in [0.05, 0.1) is 11.7 Å². The van der Waals surface area contributed by atoms with Gasteiger partial charge in [-0.3, -0.25) is 0 Å². The maximum Gasteiger partial charge on any atom is 0.0830 e. The second-order valence-corrected chi connectivity index (χ2v) is 8.40. The quantitative estimate of drug-likeness (QED) is 0.719. The average Bonchev–Trinajstić information content (AvgIpc) is 2.88. The number of aliphatic hydroxyl groups is 1. The maximum absolute atomic E-state index is 10.8. The number of aliphatic hydroxyl groups excluding tert-OH is 1. The van der Waals surface area contributed by atoms with Crippen molar-refractivity contribution in [2.75, 3.05) is 18.1 Å². The van der Waals surface area contributed by atoms with Crippen LogP contribution in [0.3, 0.4) is 0 Å². The van der Waals surface area contributed by atoms with Crippen molar-refractivity contribution in [2.24, 2.45) is 5.92 Å². The highest BCUT2D eigenvalue weighted by Gasteiger charge is 2.42. The number of hydrogen-bond donors (Lipinski definition) is 1. The molecule has 2 aliphatic rings. The number of halogens is 2. The third-order valence-corrected chi connectivity index (χ3v) is 6.76. The Morgan fingerprint density at radius 2 is 2.35 bits per heavy atom. The summed E-state index contributed by atoms with van der Waals surface area (Å²) in [4.78, 5) is 0. The largest absolute Gasteiger partial charge is 0.388 e. The monoisotopic (exact) mass is 424 g/mol. The summed E-state index contributed by atoms with van der Waals surface area (Å²) in [5.74, 6) is 2.52. The molecule has 110 valence electrons. The highest BCUT2D eigenvalue weighted by atomic mass is 127. The predicted octanol–water partition coefficient (Wildman–Crippen LogP) is 4.28. The van der Waals surface area contributed by atoms with E-state index in [9.17, 15) is 5.11 Å². The first-order valence-corrected chi connectivity index (χ1v) is 9.55. The van der Waals surface area contributed by atoms with Crippen molar-refractivity contribution in [1.82, 2.24) is 0 Å². The molecule has 0 aliphatic carbocycles. The fraction of sp³-hybridized carbons (Fsp3) is 0.600. The number of benzene rings is 1. The van der Waals surface area contributed by atoms with E-state index >= 15 is 0 Å². The summed E-state index contributed by atoms with van der Waals surface area (Å²) in [6.45, 7) is 0.763. The van der Waals surface area contributed by atoms with Crippen LogP contribution >= 0.6 is 46.0 Å². The average molecular weight is 425 g/mol. The summed E-state index contributed by atoms with van der Waals surface area (Å²) in [6.07, 6.45) is 2.57. The van der Waals surface area contributed by atoms with Gasteiger partial charge in [0.2, 0.25) is 0 Å². The van der Waals surface area contributed by atoms with E-state index in [4.69, 9.17) is 16.3 Å². The summed E-state index contributed by atoms with van der Waals surface area (Å²) < 4.78 is 7.12. The molecule has 0 radical (unpaired) electrons. The molecule has 1 N–H and O–H groups in total. The third-order valence-electron chi connectivity index (χ3n) is 4.32. The normalized spacial score (nSPS) is 31.6. The molecule has 3 unspecified atom stereocenters. The second-order valence-electron chi connectivity index (χ2n) is 5.70. The van der Waals surface area contributed by atoms with Crippen molar-refractivity contribution >= 4 is 46.0 Å². The van der Waals surface area contributed by atoms with Gasteiger partial charge in [0, 0.05) is 21.0 Å². The van der Waals surface area contributed by atoms with Crippen LogP contribution in [-0.2, 0) is 4.74 Å². The van der Waals surface area contributed by atoms with E-state index in [1.54, 1.807) is 0 Å². The number of hydrogen-bond acceptors (Lipinski definition) is 3. The van der Waals surface area contributed by atoms with Crippen LogP contribution in [0.15, 0.2) is 18.2 Å². The van der Waals surface area contributed by atoms with Crippen LogP contribution in [0.4, 0.5) is 0 Å². The van der Waals surface area contributed by atoms with Crippen molar-refractivity contribution in [3.8, 4) is 0 Å². The molecule has 20 heavy (non-hydrogen) atoms. The fourth-order valence-corrected chi connectivity index (χ4v) is 5.41. The summed E-state index contributed by atoms with van der Waals surface area (Å²) in [6, 6.07) is 5.75. The molecule has 2 fully saturated rings. The summed E-state index contributed by atoms with van der Waals surface area (Å²) in [5.41, 5.74) is 0.976. The first-order chi connectivity index (χ1) is 9.60. The van der Waals surface area contributed by atoms with Crippen LogP contribution in [0.1, 0.15) is 30.9 Å². The van der Waals surface area contributed by atoms with Crippen LogP contribution in [0.25, 0.3) is 0 Å². The molecule has 1 spiro atoms. The molecule has 2 nitrogen and oxygen atoms in total. The Bertz CT molecular complexity index is 491. The first-order valence-electron chi connectivity index (χ1n) is 6.94. The van der Waals surface area contributed by atoms with Gasteiger partial charge in [-0.2, -0.15) is 11.8 Å². The molecule has 0 aromatic heterocycles. The molecule has 1 aromatic rings. The number of rotatable bonds is 2. The fourth-order valence-electron chi connectivity index (χ4n) is 3.19. The van der Waals surface area contributed by atoms with E-state index < -0.39 is 6.10 Å². The lowest BCUT2D eigenvalue weighted by Crippen LogP contribution is -2.41. The van der Waals surface area contributed by atoms with Gasteiger partial charge in [-0.1, -0.05) is 11.6 Å². The maximum atomic E-state index is 10.8. The van der Waals surface area contributed by atoms with Gasteiger partial charge in [0.15, 0.2) is 0 Å². The minimum absolute atomic E-state index is 0.0125. The smallest absolute Gasteiger partial charge is 0.0830 e. The third kappa shape index (κ3) is 3.14. The van der Waals surface area contributed by atoms with Crippen LogP contribution in [0, 0.1) is 9.49 Å². The molecule has 0 amide bonds.